The summed E-state index contributed by atoms with van der Waals surface area (Å²) in [6, 6.07) is 8.78. The first-order chi connectivity index (χ1) is 13.5. The number of ether oxygens (including phenoxy) is 2. The standard InChI is InChI=1S/C21H25BrN2O4/c1-3-28-18-9-6-16(14-19(18)27-2)7-10-20(25)23-12-4-5-13-24-15-17(22)8-11-21(24)26/h6-11,14-15H,3-5,12-13H2,1-2H3,(H,23,25)/b10-7+. The maximum atomic E-state index is 12.0. The Balaban J connectivity index is 1.76. The van der Waals surface area contributed by atoms with Crippen LogP contribution in [0.5, 0.6) is 11.5 Å². The number of nitrogens with zero attached hydrogens (tertiary/aromatic N) is 1. The Morgan fingerprint density at radius 3 is 2.79 bits per heavy atom. The zero-order valence-electron chi connectivity index (χ0n) is 16.1. The average Bonchev–Trinajstić information content (AvgIpc) is 2.69. The van der Waals surface area contributed by atoms with Gasteiger partial charge in [-0.3, -0.25) is 9.59 Å². The number of halogens is 1. The van der Waals surface area contributed by atoms with Gasteiger partial charge in [-0.2, -0.15) is 0 Å². The van der Waals surface area contributed by atoms with Crippen molar-refractivity contribution < 1.29 is 14.3 Å². The molecule has 6 nitrogen and oxygen atoms in total. The Kier molecular flexibility index (Phi) is 8.81. The molecule has 1 aromatic carbocycles. The van der Waals surface area contributed by atoms with Crippen molar-refractivity contribution in [3.8, 4) is 11.5 Å². The highest BCUT2D eigenvalue weighted by Crippen LogP contribution is 2.28. The quantitative estimate of drug-likeness (QED) is 0.445. The Labute approximate surface area is 173 Å². The summed E-state index contributed by atoms with van der Waals surface area (Å²) < 4.78 is 13.3. The van der Waals surface area contributed by atoms with Gasteiger partial charge in [-0.05, 0) is 65.5 Å². The number of aryl methyl sites for hydroxylation is 1. The van der Waals surface area contributed by atoms with E-state index >= 15 is 0 Å². The summed E-state index contributed by atoms with van der Waals surface area (Å²) in [5.41, 5.74) is 0.824. The van der Waals surface area contributed by atoms with Crippen molar-refractivity contribution >= 4 is 27.9 Å². The van der Waals surface area contributed by atoms with Gasteiger partial charge < -0.3 is 19.4 Å². The zero-order valence-corrected chi connectivity index (χ0v) is 17.7. The van der Waals surface area contributed by atoms with Gasteiger partial charge in [0.2, 0.25) is 5.91 Å². The van der Waals surface area contributed by atoms with Crippen LogP contribution in [0.4, 0.5) is 0 Å². The molecule has 150 valence electrons. The normalized spacial score (nSPS) is 10.8. The van der Waals surface area contributed by atoms with E-state index in [1.54, 1.807) is 30.0 Å². The van der Waals surface area contributed by atoms with Gasteiger partial charge in [-0.25, -0.2) is 0 Å². The molecular formula is C21H25BrN2O4. The fraction of sp³-hybridized carbons (Fsp3) is 0.333. The van der Waals surface area contributed by atoms with Crippen molar-refractivity contribution in [1.29, 1.82) is 0 Å². The minimum absolute atomic E-state index is 0.0269. The number of amides is 1. The van der Waals surface area contributed by atoms with Crippen LogP contribution in [-0.2, 0) is 11.3 Å². The third-order valence-corrected chi connectivity index (χ3v) is 4.46. The molecule has 1 heterocycles. The van der Waals surface area contributed by atoms with Gasteiger partial charge in [0.05, 0.1) is 13.7 Å². The molecule has 2 aromatic rings. The number of aromatic nitrogens is 1. The second kappa shape index (κ2) is 11.3. The summed E-state index contributed by atoms with van der Waals surface area (Å²) >= 11 is 3.36. The lowest BCUT2D eigenvalue weighted by atomic mass is 10.2. The van der Waals surface area contributed by atoms with Gasteiger partial charge in [0.1, 0.15) is 0 Å². The molecule has 0 aliphatic rings. The third-order valence-electron chi connectivity index (χ3n) is 3.99. The second-order valence-electron chi connectivity index (χ2n) is 6.05. The maximum absolute atomic E-state index is 12.0. The summed E-state index contributed by atoms with van der Waals surface area (Å²) in [6.07, 6.45) is 6.59. The molecule has 0 atom stereocenters. The highest BCUT2D eigenvalue weighted by Gasteiger charge is 2.04. The van der Waals surface area contributed by atoms with Crippen LogP contribution < -0.4 is 20.3 Å². The smallest absolute Gasteiger partial charge is 0.250 e. The van der Waals surface area contributed by atoms with Crippen molar-refractivity contribution in [3.63, 3.8) is 0 Å². The van der Waals surface area contributed by atoms with Crippen LogP contribution in [0.25, 0.3) is 6.08 Å². The number of hydrogen-bond acceptors (Lipinski definition) is 4. The molecule has 0 radical (unpaired) electrons. The molecule has 1 N–H and O–H groups in total. The number of rotatable bonds is 10. The first-order valence-electron chi connectivity index (χ1n) is 9.16. The van der Waals surface area contributed by atoms with E-state index in [2.05, 4.69) is 21.2 Å². The SMILES string of the molecule is CCOc1ccc(/C=C/C(=O)NCCCCn2cc(Br)ccc2=O)cc1OC. The monoisotopic (exact) mass is 448 g/mol. The van der Waals surface area contributed by atoms with E-state index in [1.807, 2.05) is 25.1 Å². The topological polar surface area (TPSA) is 69.6 Å². The van der Waals surface area contributed by atoms with Crippen LogP contribution >= 0.6 is 15.9 Å². The lowest BCUT2D eigenvalue weighted by Gasteiger charge is -2.09. The van der Waals surface area contributed by atoms with Crippen LogP contribution in [-0.4, -0.2) is 30.7 Å². The number of methoxy groups -OCH3 is 1. The predicted molar refractivity (Wildman–Crippen MR) is 114 cm³/mol. The Hall–Kier alpha value is -2.54. The molecule has 0 unspecified atom stereocenters. The summed E-state index contributed by atoms with van der Waals surface area (Å²) in [4.78, 5) is 23.7. The number of benzene rings is 1. The minimum Gasteiger partial charge on any atom is -0.493 e. The molecule has 0 spiro atoms. The van der Waals surface area contributed by atoms with Gasteiger partial charge >= 0.3 is 0 Å². The fourth-order valence-electron chi connectivity index (χ4n) is 2.59. The molecule has 1 aromatic heterocycles. The van der Waals surface area contributed by atoms with Gasteiger partial charge in [0.25, 0.3) is 5.56 Å². The van der Waals surface area contributed by atoms with Crippen molar-refractivity contribution in [3.05, 3.63) is 63.0 Å². The Bertz CT molecular complexity index is 877. The van der Waals surface area contributed by atoms with E-state index in [1.165, 1.54) is 12.1 Å². The fourth-order valence-corrected chi connectivity index (χ4v) is 2.97. The Morgan fingerprint density at radius 1 is 1.21 bits per heavy atom. The molecule has 0 fully saturated rings. The summed E-state index contributed by atoms with van der Waals surface area (Å²) in [5, 5.41) is 2.85. The summed E-state index contributed by atoms with van der Waals surface area (Å²) in [7, 11) is 1.58. The average molecular weight is 449 g/mol. The lowest BCUT2D eigenvalue weighted by molar-refractivity contribution is -0.116. The van der Waals surface area contributed by atoms with Crippen LogP contribution in [0.3, 0.4) is 0 Å². The number of carbonyl (C=O) groups excluding carboxylic acids is 1. The molecule has 0 aliphatic carbocycles. The van der Waals surface area contributed by atoms with Crippen LogP contribution in [0, 0.1) is 0 Å². The molecule has 2 rings (SSSR count). The zero-order chi connectivity index (χ0) is 20.4. The van der Waals surface area contributed by atoms with E-state index in [9.17, 15) is 9.59 Å². The summed E-state index contributed by atoms with van der Waals surface area (Å²) in [5.74, 6) is 1.15. The largest absolute Gasteiger partial charge is 0.493 e. The number of hydrogen-bond donors (Lipinski definition) is 1. The van der Waals surface area contributed by atoms with Gasteiger partial charge in [0, 0.05) is 35.9 Å². The summed E-state index contributed by atoms with van der Waals surface area (Å²) in [6.45, 7) is 3.65. The van der Waals surface area contributed by atoms with E-state index in [0.717, 1.165) is 22.9 Å². The molecule has 28 heavy (non-hydrogen) atoms. The second-order valence-corrected chi connectivity index (χ2v) is 6.97. The number of carbonyl (C=O) groups is 1. The highest BCUT2D eigenvalue weighted by molar-refractivity contribution is 9.10. The van der Waals surface area contributed by atoms with Crippen LogP contribution in [0.15, 0.2) is 51.9 Å². The van der Waals surface area contributed by atoms with Crippen molar-refractivity contribution in [2.45, 2.75) is 26.3 Å². The van der Waals surface area contributed by atoms with E-state index in [4.69, 9.17) is 9.47 Å². The van der Waals surface area contributed by atoms with E-state index in [-0.39, 0.29) is 11.5 Å². The highest BCUT2D eigenvalue weighted by atomic mass is 79.9. The Morgan fingerprint density at radius 2 is 2.04 bits per heavy atom. The van der Waals surface area contributed by atoms with Crippen molar-refractivity contribution in [1.82, 2.24) is 9.88 Å². The van der Waals surface area contributed by atoms with E-state index in [0.29, 0.717) is 31.2 Å². The van der Waals surface area contributed by atoms with Crippen molar-refractivity contribution in [2.75, 3.05) is 20.3 Å². The molecule has 7 heteroatoms. The lowest BCUT2D eigenvalue weighted by Crippen LogP contribution is -2.23. The molecular weight excluding hydrogens is 424 g/mol. The predicted octanol–water partition coefficient (Wildman–Crippen LogP) is 3.63. The maximum Gasteiger partial charge on any atom is 0.250 e. The molecule has 1 amide bonds. The first kappa shape index (κ1) is 21.8. The van der Waals surface area contributed by atoms with Gasteiger partial charge in [-0.15, -0.1) is 0 Å². The molecule has 0 saturated carbocycles. The van der Waals surface area contributed by atoms with Crippen molar-refractivity contribution in [2.24, 2.45) is 0 Å². The van der Waals surface area contributed by atoms with Gasteiger partial charge in [0.15, 0.2) is 11.5 Å². The minimum atomic E-state index is -0.160. The number of unbranched alkanes of at least 4 members (excludes halogenated alkanes) is 1. The van der Waals surface area contributed by atoms with Crippen LogP contribution in [0.2, 0.25) is 0 Å². The molecule has 0 aliphatic heterocycles. The van der Waals surface area contributed by atoms with Gasteiger partial charge in [-0.1, -0.05) is 6.07 Å². The molecule has 0 saturated heterocycles. The number of nitrogens with one attached hydrogen (secondary N) is 1. The number of pyridine rings is 1. The molecule has 0 bridgehead atoms. The van der Waals surface area contributed by atoms with Crippen LogP contribution in [0.1, 0.15) is 25.3 Å². The third kappa shape index (κ3) is 6.88. The van der Waals surface area contributed by atoms with E-state index < -0.39 is 0 Å². The first-order valence-corrected chi connectivity index (χ1v) is 9.95.